The van der Waals surface area contributed by atoms with Gasteiger partial charge in [-0.3, -0.25) is 0 Å². The van der Waals surface area contributed by atoms with Gasteiger partial charge in [0.05, 0.1) is 11.6 Å². The molecule has 21 heavy (non-hydrogen) atoms. The molecular weight excluding hydrogens is 278 g/mol. The first kappa shape index (κ1) is 13.2. The van der Waals surface area contributed by atoms with Gasteiger partial charge in [0, 0.05) is 6.54 Å². The Kier molecular flexibility index (Phi) is 3.32. The fraction of sp³-hybridized carbons (Fsp3) is 0.133. The van der Waals surface area contributed by atoms with Gasteiger partial charge in [-0.15, -0.1) is 0 Å². The molecule has 1 aliphatic rings. The van der Waals surface area contributed by atoms with E-state index in [0.717, 1.165) is 17.7 Å². The average Bonchev–Trinajstić information content (AvgIpc) is 2.93. The van der Waals surface area contributed by atoms with Crippen LogP contribution >= 0.6 is 0 Å². The molecule has 1 aliphatic heterocycles. The first-order valence-electron chi connectivity index (χ1n) is 6.19. The molecule has 6 heteroatoms. The van der Waals surface area contributed by atoms with Gasteiger partial charge in [0.2, 0.25) is 6.79 Å². The van der Waals surface area contributed by atoms with Crippen LogP contribution in [0.1, 0.15) is 11.1 Å². The lowest BCUT2D eigenvalue weighted by Crippen LogP contribution is -2.04. The van der Waals surface area contributed by atoms with Gasteiger partial charge < -0.3 is 14.8 Å². The molecule has 3 rings (SSSR count). The van der Waals surface area contributed by atoms with Crippen molar-refractivity contribution in [1.29, 1.82) is 5.26 Å². The molecule has 0 unspecified atom stereocenters. The first-order valence-corrected chi connectivity index (χ1v) is 6.19. The highest BCUT2D eigenvalue weighted by molar-refractivity contribution is 5.51. The van der Waals surface area contributed by atoms with E-state index in [4.69, 9.17) is 14.7 Å². The van der Waals surface area contributed by atoms with Crippen molar-refractivity contribution in [3.05, 3.63) is 53.1 Å². The van der Waals surface area contributed by atoms with E-state index in [0.29, 0.717) is 11.5 Å². The normalized spacial score (nSPS) is 12.0. The minimum absolute atomic E-state index is 0.0568. The van der Waals surface area contributed by atoms with Crippen molar-refractivity contribution < 1.29 is 18.3 Å². The fourth-order valence-electron chi connectivity index (χ4n) is 2.05. The van der Waals surface area contributed by atoms with E-state index in [9.17, 15) is 8.78 Å². The second-order valence-corrected chi connectivity index (χ2v) is 4.47. The maximum atomic E-state index is 13.7. The third-order valence-electron chi connectivity index (χ3n) is 3.08. The Labute approximate surface area is 119 Å². The van der Waals surface area contributed by atoms with Crippen LogP contribution < -0.4 is 14.8 Å². The number of ether oxygens (including phenoxy) is 2. The summed E-state index contributed by atoms with van der Waals surface area (Å²) < 4.78 is 37.9. The summed E-state index contributed by atoms with van der Waals surface area (Å²) in [6.45, 7) is 0.390. The van der Waals surface area contributed by atoms with Crippen molar-refractivity contribution in [2.45, 2.75) is 6.54 Å². The van der Waals surface area contributed by atoms with Crippen LogP contribution in [-0.4, -0.2) is 6.79 Å². The van der Waals surface area contributed by atoms with Crippen molar-refractivity contribution >= 4 is 5.69 Å². The number of hydrogen-bond donors (Lipinski definition) is 1. The van der Waals surface area contributed by atoms with Gasteiger partial charge in [0.25, 0.3) is 0 Å². The molecule has 1 N–H and O–H groups in total. The third kappa shape index (κ3) is 2.58. The summed E-state index contributed by atoms with van der Waals surface area (Å²) in [6.07, 6.45) is 0. The molecule has 0 saturated carbocycles. The highest BCUT2D eigenvalue weighted by atomic mass is 19.1. The molecule has 0 aliphatic carbocycles. The summed E-state index contributed by atoms with van der Waals surface area (Å²) >= 11 is 0. The Hall–Kier alpha value is -2.81. The molecule has 106 valence electrons. The van der Waals surface area contributed by atoms with E-state index in [-0.39, 0.29) is 24.6 Å². The van der Waals surface area contributed by atoms with Crippen LogP contribution in [0.15, 0.2) is 30.3 Å². The van der Waals surface area contributed by atoms with Crippen molar-refractivity contribution in [3.8, 4) is 17.6 Å². The quantitative estimate of drug-likeness (QED) is 0.942. The van der Waals surface area contributed by atoms with Crippen molar-refractivity contribution in [2.75, 3.05) is 12.1 Å². The maximum Gasteiger partial charge on any atom is 0.231 e. The highest BCUT2D eigenvalue weighted by Crippen LogP contribution is 2.32. The van der Waals surface area contributed by atoms with E-state index in [2.05, 4.69) is 5.32 Å². The fourth-order valence-corrected chi connectivity index (χ4v) is 2.05. The lowest BCUT2D eigenvalue weighted by molar-refractivity contribution is 0.174. The second-order valence-electron chi connectivity index (χ2n) is 4.47. The van der Waals surface area contributed by atoms with E-state index < -0.39 is 11.6 Å². The SMILES string of the molecule is N#Cc1cc(F)c(NCc2ccc3c(c2)OCO3)c(F)c1. The summed E-state index contributed by atoms with van der Waals surface area (Å²) in [6, 6.07) is 8.95. The van der Waals surface area contributed by atoms with Crippen LogP contribution in [0.4, 0.5) is 14.5 Å². The number of nitriles is 1. The number of rotatable bonds is 3. The number of anilines is 1. The molecule has 0 aromatic heterocycles. The van der Waals surface area contributed by atoms with Crippen molar-refractivity contribution in [1.82, 2.24) is 0 Å². The molecule has 0 atom stereocenters. The Bertz CT molecular complexity index is 718. The van der Waals surface area contributed by atoms with E-state index in [1.165, 1.54) is 0 Å². The smallest absolute Gasteiger partial charge is 0.231 e. The van der Waals surface area contributed by atoms with Crippen LogP contribution in [0.3, 0.4) is 0 Å². The molecule has 0 fully saturated rings. The number of fused-ring (bicyclic) bond motifs is 1. The summed E-state index contributed by atoms with van der Waals surface area (Å²) in [4.78, 5) is 0. The summed E-state index contributed by atoms with van der Waals surface area (Å²) in [5.74, 6) is -0.343. The van der Waals surface area contributed by atoms with Gasteiger partial charge in [-0.05, 0) is 29.8 Å². The zero-order chi connectivity index (χ0) is 14.8. The van der Waals surface area contributed by atoms with Gasteiger partial charge in [-0.25, -0.2) is 8.78 Å². The molecular formula is C15H10F2N2O2. The molecule has 2 aromatic rings. The van der Waals surface area contributed by atoms with Crippen LogP contribution in [0.2, 0.25) is 0 Å². The summed E-state index contributed by atoms with van der Waals surface area (Å²) in [7, 11) is 0. The minimum Gasteiger partial charge on any atom is -0.454 e. The zero-order valence-electron chi connectivity index (χ0n) is 10.8. The van der Waals surface area contributed by atoms with E-state index in [1.807, 2.05) is 0 Å². The zero-order valence-corrected chi connectivity index (χ0v) is 10.8. The molecule has 0 spiro atoms. The number of halogens is 2. The van der Waals surface area contributed by atoms with Crippen LogP contribution in [0, 0.1) is 23.0 Å². The molecule has 0 amide bonds. The summed E-state index contributed by atoms with van der Waals surface area (Å²) in [5, 5.41) is 11.3. The Morgan fingerprint density at radius 3 is 2.52 bits per heavy atom. The van der Waals surface area contributed by atoms with Gasteiger partial charge >= 0.3 is 0 Å². The van der Waals surface area contributed by atoms with E-state index in [1.54, 1.807) is 24.3 Å². The number of nitrogens with zero attached hydrogens (tertiary/aromatic N) is 1. The monoisotopic (exact) mass is 288 g/mol. The van der Waals surface area contributed by atoms with Crippen molar-refractivity contribution in [3.63, 3.8) is 0 Å². The Morgan fingerprint density at radius 2 is 1.81 bits per heavy atom. The predicted octanol–water partition coefficient (Wildman–Crippen LogP) is 3.18. The molecule has 2 aromatic carbocycles. The van der Waals surface area contributed by atoms with Gasteiger partial charge in [-0.1, -0.05) is 6.07 Å². The average molecular weight is 288 g/mol. The first-order chi connectivity index (χ1) is 10.2. The third-order valence-corrected chi connectivity index (χ3v) is 3.08. The second kappa shape index (κ2) is 5.29. The molecule has 0 saturated heterocycles. The number of benzene rings is 2. The number of nitrogens with one attached hydrogen (secondary N) is 1. The van der Waals surface area contributed by atoms with Gasteiger partial charge in [-0.2, -0.15) is 5.26 Å². The Morgan fingerprint density at radius 1 is 1.10 bits per heavy atom. The number of hydrogen-bond acceptors (Lipinski definition) is 4. The van der Waals surface area contributed by atoms with Crippen LogP contribution in [-0.2, 0) is 6.54 Å². The topological polar surface area (TPSA) is 54.3 Å². The summed E-state index contributed by atoms with van der Waals surface area (Å²) in [5.41, 5.74) is 0.479. The maximum absolute atomic E-state index is 13.7. The van der Waals surface area contributed by atoms with Crippen LogP contribution in [0.5, 0.6) is 11.5 Å². The predicted molar refractivity (Wildman–Crippen MR) is 71.0 cm³/mol. The highest BCUT2D eigenvalue weighted by Gasteiger charge is 2.14. The van der Waals surface area contributed by atoms with Crippen LogP contribution in [0.25, 0.3) is 0 Å². The molecule has 0 radical (unpaired) electrons. The largest absolute Gasteiger partial charge is 0.454 e. The molecule has 4 nitrogen and oxygen atoms in total. The molecule has 0 bridgehead atoms. The molecule has 1 heterocycles. The van der Waals surface area contributed by atoms with Crippen molar-refractivity contribution in [2.24, 2.45) is 0 Å². The Balaban J connectivity index is 1.78. The minimum atomic E-state index is -0.799. The lowest BCUT2D eigenvalue weighted by atomic mass is 10.1. The standard InChI is InChI=1S/C15H10F2N2O2/c16-11-3-10(6-18)4-12(17)15(11)19-7-9-1-2-13-14(5-9)21-8-20-13/h1-5,19H,7-8H2. The van der Waals surface area contributed by atoms with Gasteiger partial charge in [0.15, 0.2) is 23.1 Å². The van der Waals surface area contributed by atoms with Gasteiger partial charge in [0.1, 0.15) is 5.69 Å². The lowest BCUT2D eigenvalue weighted by Gasteiger charge is -2.09. The van der Waals surface area contributed by atoms with E-state index >= 15 is 0 Å².